The zero-order valence-corrected chi connectivity index (χ0v) is 13.1. The van der Waals surface area contributed by atoms with Crippen molar-refractivity contribution in [1.29, 1.82) is 0 Å². The molecule has 1 saturated heterocycles. The van der Waals surface area contributed by atoms with E-state index < -0.39 is 0 Å². The van der Waals surface area contributed by atoms with Gasteiger partial charge in [0.2, 0.25) is 0 Å². The minimum atomic E-state index is 0.828. The molecule has 0 amide bonds. The van der Waals surface area contributed by atoms with Crippen molar-refractivity contribution < 1.29 is 14.4 Å². The molecule has 2 rings (SSSR count). The first kappa shape index (κ1) is 15.3. The summed E-state index contributed by atoms with van der Waals surface area (Å²) < 4.78 is 11.4. The molecule has 1 aliphatic heterocycles. The average molecular weight is 278 g/mol. The van der Waals surface area contributed by atoms with Crippen LogP contribution in [-0.2, 0) is 4.74 Å². The molecule has 0 saturated carbocycles. The molecular formula is C17H28NO2+. The van der Waals surface area contributed by atoms with Gasteiger partial charge in [-0.15, -0.1) is 0 Å². The molecule has 0 unspecified atom stereocenters. The van der Waals surface area contributed by atoms with Gasteiger partial charge in [-0.1, -0.05) is 12.1 Å². The van der Waals surface area contributed by atoms with Crippen LogP contribution in [-0.4, -0.2) is 39.5 Å². The predicted octanol–water partition coefficient (Wildman–Crippen LogP) is 1.69. The highest BCUT2D eigenvalue weighted by atomic mass is 16.5. The summed E-state index contributed by atoms with van der Waals surface area (Å²) >= 11 is 0. The maximum atomic E-state index is 6.00. The van der Waals surface area contributed by atoms with Crippen molar-refractivity contribution in [3.63, 3.8) is 0 Å². The number of morpholine rings is 1. The van der Waals surface area contributed by atoms with Gasteiger partial charge in [0.05, 0.1) is 26.4 Å². The van der Waals surface area contributed by atoms with E-state index in [9.17, 15) is 0 Å². The van der Waals surface area contributed by atoms with Gasteiger partial charge in [0.15, 0.2) is 0 Å². The van der Waals surface area contributed by atoms with E-state index in [-0.39, 0.29) is 0 Å². The molecule has 0 aliphatic carbocycles. The van der Waals surface area contributed by atoms with Crippen LogP contribution in [0.1, 0.15) is 29.5 Å². The number of unbranched alkanes of at least 4 members (excludes halogenated alkanes) is 1. The zero-order valence-electron chi connectivity index (χ0n) is 13.1. The van der Waals surface area contributed by atoms with E-state index in [0.29, 0.717) is 0 Å². The first-order valence-corrected chi connectivity index (χ1v) is 7.79. The molecule has 1 aliphatic rings. The zero-order chi connectivity index (χ0) is 14.4. The van der Waals surface area contributed by atoms with E-state index in [4.69, 9.17) is 9.47 Å². The lowest BCUT2D eigenvalue weighted by molar-refractivity contribution is -0.908. The van der Waals surface area contributed by atoms with Gasteiger partial charge in [0, 0.05) is 0 Å². The van der Waals surface area contributed by atoms with Gasteiger partial charge in [0.1, 0.15) is 18.8 Å². The Kier molecular flexibility index (Phi) is 5.86. The Morgan fingerprint density at radius 2 is 1.75 bits per heavy atom. The van der Waals surface area contributed by atoms with Gasteiger partial charge in [0.25, 0.3) is 0 Å². The van der Waals surface area contributed by atoms with Crippen LogP contribution in [0.4, 0.5) is 0 Å². The van der Waals surface area contributed by atoms with E-state index in [1.165, 1.54) is 29.7 Å². The van der Waals surface area contributed by atoms with Crippen LogP contribution in [0.25, 0.3) is 0 Å². The highest BCUT2D eigenvalue weighted by Gasteiger charge is 2.12. The lowest BCUT2D eigenvalue weighted by atomic mass is 10.1. The number of quaternary nitrogens is 1. The molecule has 20 heavy (non-hydrogen) atoms. The third-order valence-electron chi connectivity index (χ3n) is 4.24. The van der Waals surface area contributed by atoms with E-state index in [1.54, 1.807) is 4.90 Å². The SMILES string of the molecule is Cc1ccc(C)c(OCCCC[NH+]2CCOCC2)c1C. The summed E-state index contributed by atoms with van der Waals surface area (Å²) in [5, 5.41) is 0. The van der Waals surface area contributed by atoms with Crippen LogP contribution in [0.15, 0.2) is 12.1 Å². The van der Waals surface area contributed by atoms with Gasteiger partial charge in [-0.2, -0.15) is 0 Å². The van der Waals surface area contributed by atoms with Gasteiger partial charge < -0.3 is 14.4 Å². The van der Waals surface area contributed by atoms with E-state index in [2.05, 4.69) is 32.9 Å². The number of benzene rings is 1. The maximum absolute atomic E-state index is 6.00. The number of hydrogen-bond donors (Lipinski definition) is 1. The predicted molar refractivity (Wildman–Crippen MR) is 81.8 cm³/mol. The van der Waals surface area contributed by atoms with Crippen molar-refractivity contribution >= 4 is 0 Å². The van der Waals surface area contributed by atoms with Crippen LogP contribution in [0, 0.1) is 20.8 Å². The summed E-state index contributed by atoms with van der Waals surface area (Å²) in [5.41, 5.74) is 3.83. The van der Waals surface area contributed by atoms with Gasteiger partial charge in [-0.3, -0.25) is 0 Å². The molecule has 112 valence electrons. The standard InChI is InChI=1S/C17H27NO2/c1-14-6-7-15(2)17(16(14)3)20-11-5-4-8-18-9-12-19-13-10-18/h6-7H,4-5,8-13H2,1-3H3/p+1. The van der Waals surface area contributed by atoms with Crippen LogP contribution in [0.2, 0.25) is 0 Å². The molecule has 1 fully saturated rings. The molecule has 1 aromatic carbocycles. The van der Waals surface area contributed by atoms with Crippen LogP contribution in [0.5, 0.6) is 5.75 Å². The van der Waals surface area contributed by atoms with Crippen molar-refractivity contribution in [3.05, 3.63) is 28.8 Å². The number of rotatable bonds is 6. The summed E-state index contributed by atoms with van der Waals surface area (Å²) in [5.74, 6) is 1.09. The summed E-state index contributed by atoms with van der Waals surface area (Å²) in [6.45, 7) is 12.7. The Balaban J connectivity index is 1.69. The van der Waals surface area contributed by atoms with Gasteiger partial charge >= 0.3 is 0 Å². The molecule has 3 heteroatoms. The highest BCUT2D eigenvalue weighted by Crippen LogP contribution is 2.25. The lowest BCUT2D eigenvalue weighted by Crippen LogP contribution is -3.14. The summed E-state index contributed by atoms with van der Waals surface area (Å²) in [6, 6.07) is 4.31. The van der Waals surface area contributed by atoms with E-state index in [1.807, 2.05) is 0 Å². The smallest absolute Gasteiger partial charge is 0.125 e. The molecule has 0 spiro atoms. The summed E-state index contributed by atoms with van der Waals surface area (Å²) in [4.78, 5) is 1.68. The Morgan fingerprint density at radius 3 is 2.50 bits per heavy atom. The second-order valence-corrected chi connectivity index (χ2v) is 5.82. The third kappa shape index (κ3) is 4.22. The Hall–Kier alpha value is -1.06. The van der Waals surface area contributed by atoms with Crippen molar-refractivity contribution in [2.24, 2.45) is 0 Å². The lowest BCUT2D eigenvalue weighted by Gasteiger charge is -2.23. The fourth-order valence-electron chi connectivity index (χ4n) is 2.71. The quantitative estimate of drug-likeness (QED) is 0.800. The van der Waals surface area contributed by atoms with E-state index in [0.717, 1.165) is 45.1 Å². The number of ether oxygens (including phenoxy) is 2. The monoisotopic (exact) mass is 278 g/mol. The van der Waals surface area contributed by atoms with Gasteiger partial charge in [-0.05, 0) is 50.3 Å². The second kappa shape index (κ2) is 7.65. The molecule has 1 aromatic rings. The molecule has 1 heterocycles. The van der Waals surface area contributed by atoms with Crippen LogP contribution >= 0.6 is 0 Å². The largest absolute Gasteiger partial charge is 0.493 e. The Bertz CT molecular complexity index is 425. The summed E-state index contributed by atoms with van der Waals surface area (Å²) in [7, 11) is 0. The third-order valence-corrected chi connectivity index (χ3v) is 4.24. The average Bonchev–Trinajstić information content (AvgIpc) is 2.47. The minimum Gasteiger partial charge on any atom is -0.493 e. The van der Waals surface area contributed by atoms with Crippen LogP contribution in [0.3, 0.4) is 0 Å². The molecule has 0 bridgehead atoms. The maximum Gasteiger partial charge on any atom is 0.125 e. The number of aryl methyl sites for hydroxylation is 2. The molecule has 0 aromatic heterocycles. The first-order chi connectivity index (χ1) is 9.68. The molecule has 3 nitrogen and oxygen atoms in total. The van der Waals surface area contributed by atoms with Crippen molar-refractivity contribution in [2.75, 3.05) is 39.5 Å². The normalized spacial score (nSPS) is 16.4. The fourth-order valence-corrected chi connectivity index (χ4v) is 2.71. The Morgan fingerprint density at radius 1 is 1.05 bits per heavy atom. The van der Waals surface area contributed by atoms with Crippen molar-refractivity contribution in [3.8, 4) is 5.75 Å². The molecule has 0 atom stereocenters. The fraction of sp³-hybridized carbons (Fsp3) is 0.647. The molecule has 0 radical (unpaired) electrons. The number of hydrogen-bond acceptors (Lipinski definition) is 2. The summed E-state index contributed by atoms with van der Waals surface area (Å²) in [6.07, 6.45) is 2.37. The van der Waals surface area contributed by atoms with Gasteiger partial charge in [-0.25, -0.2) is 0 Å². The highest BCUT2D eigenvalue weighted by molar-refractivity contribution is 5.44. The first-order valence-electron chi connectivity index (χ1n) is 7.79. The van der Waals surface area contributed by atoms with E-state index >= 15 is 0 Å². The Labute approximate surface area is 122 Å². The topological polar surface area (TPSA) is 22.9 Å². The van der Waals surface area contributed by atoms with Crippen molar-refractivity contribution in [1.82, 2.24) is 0 Å². The minimum absolute atomic E-state index is 0.828. The second-order valence-electron chi connectivity index (χ2n) is 5.82. The number of nitrogens with one attached hydrogen (secondary N) is 1. The molecule has 1 N–H and O–H groups in total. The van der Waals surface area contributed by atoms with Crippen molar-refractivity contribution in [2.45, 2.75) is 33.6 Å². The molecular weight excluding hydrogens is 250 g/mol. The van der Waals surface area contributed by atoms with Crippen LogP contribution < -0.4 is 9.64 Å².